The van der Waals surface area contributed by atoms with Gasteiger partial charge >= 0.3 is 0 Å². The maximum absolute atomic E-state index is 13.3. The van der Waals surface area contributed by atoms with E-state index in [2.05, 4.69) is 15.5 Å². The summed E-state index contributed by atoms with van der Waals surface area (Å²) >= 11 is 6.18. The monoisotopic (exact) mass is 363 g/mol. The lowest BCUT2D eigenvalue weighted by Gasteiger charge is -2.38. The van der Waals surface area contributed by atoms with Crippen LogP contribution < -0.4 is 5.32 Å². The van der Waals surface area contributed by atoms with Crippen LogP contribution in [0.2, 0.25) is 5.02 Å². The van der Waals surface area contributed by atoms with Crippen LogP contribution in [0.5, 0.6) is 0 Å². The average Bonchev–Trinajstić information content (AvgIpc) is 2.59. The largest absolute Gasteiger partial charge is 0.381 e. The van der Waals surface area contributed by atoms with E-state index >= 15 is 0 Å². The van der Waals surface area contributed by atoms with Gasteiger partial charge in [0.1, 0.15) is 5.82 Å². The van der Waals surface area contributed by atoms with E-state index in [-0.39, 0.29) is 17.4 Å². The Kier molecular flexibility index (Phi) is 5.30. The van der Waals surface area contributed by atoms with Crippen LogP contribution in [0.25, 0.3) is 0 Å². The van der Waals surface area contributed by atoms with Crippen molar-refractivity contribution in [3.05, 3.63) is 58.1 Å². The minimum atomic E-state index is -0.511. The maximum Gasteiger partial charge on any atom is 0.272 e. The number of benzene rings is 1. The molecular formula is C18H19ClFN3O2. The smallest absolute Gasteiger partial charge is 0.272 e. The molecule has 2 heterocycles. The van der Waals surface area contributed by atoms with Crippen molar-refractivity contribution in [2.45, 2.75) is 31.7 Å². The summed E-state index contributed by atoms with van der Waals surface area (Å²) in [6.07, 6.45) is 1.79. The van der Waals surface area contributed by atoms with Crippen molar-refractivity contribution in [3.8, 4) is 0 Å². The van der Waals surface area contributed by atoms with Crippen LogP contribution in [0.3, 0.4) is 0 Å². The van der Waals surface area contributed by atoms with Crippen LogP contribution in [0.1, 0.15) is 34.6 Å². The number of hydrogen-bond donors (Lipinski definition) is 1. The van der Waals surface area contributed by atoms with Crippen molar-refractivity contribution in [2.24, 2.45) is 0 Å². The van der Waals surface area contributed by atoms with Gasteiger partial charge in [-0.2, -0.15) is 5.10 Å². The first-order valence-corrected chi connectivity index (χ1v) is 8.50. The Hall–Kier alpha value is -2.05. The zero-order valence-corrected chi connectivity index (χ0v) is 14.6. The van der Waals surface area contributed by atoms with Crippen LogP contribution in [0, 0.1) is 12.7 Å². The summed E-state index contributed by atoms with van der Waals surface area (Å²) < 4.78 is 18.7. The van der Waals surface area contributed by atoms with Crippen LogP contribution in [0.15, 0.2) is 30.3 Å². The second kappa shape index (κ2) is 7.45. The number of aryl methyl sites for hydroxylation is 1. The number of carbonyl (C=O) groups is 1. The fourth-order valence-electron chi connectivity index (χ4n) is 2.96. The lowest BCUT2D eigenvalue weighted by molar-refractivity contribution is 0.0358. The zero-order chi connectivity index (χ0) is 17.9. The predicted octanol–water partition coefficient (Wildman–Crippen LogP) is 3.10. The molecule has 25 heavy (non-hydrogen) atoms. The molecule has 5 nitrogen and oxygen atoms in total. The molecule has 0 bridgehead atoms. The van der Waals surface area contributed by atoms with Crippen molar-refractivity contribution in [3.63, 3.8) is 0 Å². The molecule has 1 aromatic carbocycles. The zero-order valence-electron chi connectivity index (χ0n) is 13.9. The number of carbonyl (C=O) groups excluding carboxylic acids is 1. The average molecular weight is 364 g/mol. The molecule has 1 aliphatic heterocycles. The topological polar surface area (TPSA) is 64.1 Å². The van der Waals surface area contributed by atoms with E-state index in [0.29, 0.717) is 37.5 Å². The van der Waals surface area contributed by atoms with E-state index in [9.17, 15) is 9.18 Å². The normalized spacial score (nSPS) is 16.4. The van der Waals surface area contributed by atoms with Crippen LogP contribution >= 0.6 is 11.6 Å². The first kappa shape index (κ1) is 17.8. The molecule has 0 unspecified atom stereocenters. The molecule has 132 valence electrons. The third-order valence-electron chi connectivity index (χ3n) is 4.40. The van der Waals surface area contributed by atoms with Gasteiger partial charge in [-0.05, 0) is 56.0 Å². The molecule has 0 saturated carbocycles. The molecular weight excluding hydrogens is 345 g/mol. The first-order valence-electron chi connectivity index (χ1n) is 8.12. The standard InChI is InChI=1S/C18H19ClFN3O2/c1-12-2-5-16(23-22-12)17(24)21-18(6-8-25-9-7-18)11-13-3-4-14(20)10-15(13)19/h2-5,10H,6-9,11H2,1H3,(H,21,24). The third kappa shape index (κ3) is 4.32. The SMILES string of the molecule is Cc1ccc(C(=O)NC2(Cc3ccc(F)cc3Cl)CCOCC2)nn1. The molecule has 1 aromatic heterocycles. The van der Waals surface area contributed by atoms with Crippen molar-refractivity contribution < 1.29 is 13.9 Å². The molecule has 0 spiro atoms. The Morgan fingerprint density at radius 3 is 2.68 bits per heavy atom. The quantitative estimate of drug-likeness (QED) is 0.906. The van der Waals surface area contributed by atoms with E-state index in [0.717, 1.165) is 11.3 Å². The van der Waals surface area contributed by atoms with E-state index in [1.807, 2.05) is 6.92 Å². The Balaban J connectivity index is 1.83. The molecule has 0 radical (unpaired) electrons. The summed E-state index contributed by atoms with van der Waals surface area (Å²) in [5.74, 6) is -0.665. The van der Waals surface area contributed by atoms with Crippen molar-refractivity contribution in [2.75, 3.05) is 13.2 Å². The Morgan fingerprint density at radius 2 is 2.04 bits per heavy atom. The van der Waals surface area contributed by atoms with Gasteiger partial charge in [0.25, 0.3) is 5.91 Å². The summed E-state index contributed by atoms with van der Waals surface area (Å²) in [7, 11) is 0. The number of hydrogen-bond acceptors (Lipinski definition) is 4. The highest BCUT2D eigenvalue weighted by molar-refractivity contribution is 6.31. The van der Waals surface area contributed by atoms with Gasteiger partial charge < -0.3 is 10.1 Å². The van der Waals surface area contributed by atoms with Crippen LogP contribution in [-0.4, -0.2) is 34.9 Å². The Morgan fingerprint density at radius 1 is 1.28 bits per heavy atom. The van der Waals surface area contributed by atoms with Crippen molar-refractivity contribution in [1.82, 2.24) is 15.5 Å². The van der Waals surface area contributed by atoms with Gasteiger partial charge in [-0.1, -0.05) is 17.7 Å². The molecule has 0 atom stereocenters. The van der Waals surface area contributed by atoms with Gasteiger partial charge in [-0.3, -0.25) is 4.79 Å². The van der Waals surface area contributed by atoms with Gasteiger partial charge in [0.15, 0.2) is 5.69 Å². The van der Waals surface area contributed by atoms with Gasteiger partial charge in [0, 0.05) is 23.8 Å². The van der Waals surface area contributed by atoms with E-state index in [4.69, 9.17) is 16.3 Å². The summed E-state index contributed by atoms with van der Waals surface area (Å²) in [5.41, 5.74) is 1.29. The summed E-state index contributed by atoms with van der Waals surface area (Å²) in [6, 6.07) is 7.72. The number of nitrogens with one attached hydrogen (secondary N) is 1. The molecule has 1 fully saturated rings. The van der Waals surface area contributed by atoms with Crippen molar-refractivity contribution in [1.29, 1.82) is 0 Å². The molecule has 1 saturated heterocycles. The molecule has 1 amide bonds. The second-order valence-corrected chi connectivity index (χ2v) is 6.73. The van der Waals surface area contributed by atoms with Gasteiger partial charge in [0.2, 0.25) is 0 Å². The molecule has 1 N–H and O–H groups in total. The summed E-state index contributed by atoms with van der Waals surface area (Å²) in [6.45, 7) is 2.89. The van der Waals surface area contributed by atoms with Gasteiger partial charge in [-0.15, -0.1) is 5.10 Å². The highest BCUT2D eigenvalue weighted by Gasteiger charge is 2.35. The fraction of sp³-hybridized carbons (Fsp3) is 0.389. The maximum atomic E-state index is 13.3. The minimum absolute atomic E-state index is 0.265. The molecule has 2 aromatic rings. The van der Waals surface area contributed by atoms with E-state index in [1.165, 1.54) is 12.1 Å². The predicted molar refractivity (Wildman–Crippen MR) is 92.1 cm³/mol. The number of ether oxygens (including phenoxy) is 1. The van der Waals surface area contributed by atoms with Gasteiger partial charge in [-0.25, -0.2) is 4.39 Å². The number of nitrogens with zero attached hydrogens (tertiary/aromatic N) is 2. The third-order valence-corrected chi connectivity index (χ3v) is 4.75. The lowest BCUT2D eigenvalue weighted by atomic mass is 9.83. The highest BCUT2D eigenvalue weighted by Crippen LogP contribution is 2.29. The number of halogens is 2. The summed E-state index contributed by atoms with van der Waals surface area (Å²) in [4.78, 5) is 12.6. The highest BCUT2D eigenvalue weighted by atomic mass is 35.5. The molecule has 3 rings (SSSR count). The van der Waals surface area contributed by atoms with E-state index in [1.54, 1.807) is 18.2 Å². The van der Waals surface area contributed by atoms with E-state index < -0.39 is 5.54 Å². The molecule has 7 heteroatoms. The fourth-order valence-corrected chi connectivity index (χ4v) is 3.20. The number of amides is 1. The Bertz CT molecular complexity index is 761. The first-order chi connectivity index (χ1) is 12.0. The molecule has 0 aliphatic carbocycles. The van der Waals surface area contributed by atoms with Gasteiger partial charge in [0.05, 0.1) is 5.69 Å². The van der Waals surface area contributed by atoms with Crippen molar-refractivity contribution >= 4 is 17.5 Å². The molecule has 1 aliphatic rings. The Labute approximate surface area is 150 Å². The lowest BCUT2D eigenvalue weighted by Crippen LogP contribution is -2.53. The minimum Gasteiger partial charge on any atom is -0.381 e. The second-order valence-electron chi connectivity index (χ2n) is 6.32. The van der Waals surface area contributed by atoms with Crippen LogP contribution in [-0.2, 0) is 11.2 Å². The number of rotatable bonds is 4. The summed E-state index contributed by atoms with van der Waals surface area (Å²) in [5, 5.41) is 11.3. The number of aromatic nitrogens is 2. The van der Waals surface area contributed by atoms with Crippen LogP contribution in [0.4, 0.5) is 4.39 Å².